The van der Waals surface area contributed by atoms with Gasteiger partial charge in [0.25, 0.3) is 0 Å². The highest BCUT2D eigenvalue weighted by molar-refractivity contribution is 7.13. The summed E-state index contributed by atoms with van der Waals surface area (Å²) in [5, 5.41) is 5.60. The maximum Gasteiger partial charge on any atom is 0.244 e. The number of para-hydroxylation sites is 2. The Kier molecular flexibility index (Phi) is 4.26. The fourth-order valence-electron chi connectivity index (χ4n) is 3.00. The first-order valence-corrected chi connectivity index (χ1v) is 9.19. The lowest BCUT2D eigenvalue weighted by atomic mass is 10.1. The van der Waals surface area contributed by atoms with E-state index in [0.717, 1.165) is 22.0 Å². The van der Waals surface area contributed by atoms with Crippen LogP contribution in [0.3, 0.4) is 0 Å². The molecule has 2 amide bonds. The lowest BCUT2D eigenvalue weighted by molar-refractivity contribution is -0.121. The SMILES string of the molecule is Cc1cccc(-c2nc(CC(=O)N3CC(=O)Nc4ccccc43)cs2)c1. The fourth-order valence-corrected chi connectivity index (χ4v) is 3.82. The molecule has 1 aromatic heterocycles. The molecular weight excluding hydrogens is 346 g/mol. The van der Waals surface area contributed by atoms with Crippen LogP contribution in [0.25, 0.3) is 10.6 Å². The van der Waals surface area contributed by atoms with Crippen LogP contribution in [0, 0.1) is 6.92 Å². The van der Waals surface area contributed by atoms with E-state index in [2.05, 4.69) is 16.4 Å². The Labute approximate surface area is 155 Å². The van der Waals surface area contributed by atoms with Crippen LogP contribution in [0.15, 0.2) is 53.9 Å². The number of rotatable bonds is 3. The second-order valence-electron chi connectivity index (χ2n) is 6.24. The predicted molar refractivity (Wildman–Crippen MR) is 103 cm³/mol. The van der Waals surface area contributed by atoms with Gasteiger partial charge in [-0.25, -0.2) is 4.98 Å². The van der Waals surface area contributed by atoms with Crippen LogP contribution in [0.5, 0.6) is 0 Å². The number of anilines is 2. The molecule has 0 radical (unpaired) electrons. The number of amides is 2. The summed E-state index contributed by atoms with van der Waals surface area (Å²) in [5.74, 6) is -0.316. The highest BCUT2D eigenvalue weighted by Gasteiger charge is 2.27. The summed E-state index contributed by atoms with van der Waals surface area (Å²) in [5.41, 5.74) is 4.34. The van der Waals surface area contributed by atoms with Gasteiger partial charge in [0.2, 0.25) is 11.8 Å². The number of fused-ring (bicyclic) bond motifs is 1. The predicted octanol–water partition coefficient (Wildman–Crippen LogP) is 3.65. The number of benzene rings is 2. The van der Waals surface area contributed by atoms with E-state index in [-0.39, 0.29) is 24.8 Å². The topological polar surface area (TPSA) is 62.3 Å². The second-order valence-corrected chi connectivity index (χ2v) is 7.09. The van der Waals surface area contributed by atoms with Gasteiger partial charge in [-0.15, -0.1) is 11.3 Å². The van der Waals surface area contributed by atoms with Gasteiger partial charge in [0.05, 0.1) is 23.5 Å². The summed E-state index contributed by atoms with van der Waals surface area (Å²) in [6.07, 6.45) is 0.171. The first-order chi connectivity index (χ1) is 12.6. The first kappa shape index (κ1) is 16.5. The molecule has 0 atom stereocenters. The molecule has 0 saturated heterocycles. The molecular formula is C20H17N3O2S. The average molecular weight is 363 g/mol. The Balaban J connectivity index is 1.55. The van der Waals surface area contributed by atoms with Crippen molar-refractivity contribution in [1.82, 2.24) is 4.98 Å². The van der Waals surface area contributed by atoms with E-state index < -0.39 is 0 Å². The van der Waals surface area contributed by atoms with Crippen molar-refractivity contribution in [2.45, 2.75) is 13.3 Å². The minimum Gasteiger partial charge on any atom is -0.323 e. The van der Waals surface area contributed by atoms with E-state index in [1.165, 1.54) is 21.8 Å². The van der Waals surface area contributed by atoms with Gasteiger partial charge in [-0.05, 0) is 25.1 Å². The molecule has 0 bridgehead atoms. The number of aromatic nitrogens is 1. The summed E-state index contributed by atoms with van der Waals surface area (Å²) in [4.78, 5) is 30.8. The number of hydrogen-bond acceptors (Lipinski definition) is 4. The number of nitrogens with one attached hydrogen (secondary N) is 1. The summed E-state index contributed by atoms with van der Waals surface area (Å²) in [6, 6.07) is 15.5. The number of nitrogens with zero attached hydrogens (tertiary/aromatic N) is 2. The van der Waals surface area contributed by atoms with E-state index in [1.54, 1.807) is 6.07 Å². The molecule has 1 aliphatic heterocycles. The first-order valence-electron chi connectivity index (χ1n) is 8.31. The Morgan fingerprint density at radius 2 is 2.08 bits per heavy atom. The lowest BCUT2D eigenvalue weighted by Crippen LogP contribution is -2.42. The highest BCUT2D eigenvalue weighted by Crippen LogP contribution is 2.30. The van der Waals surface area contributed by atoms with Gasteiger partial charge in [0, 0.05) is 10.9 Å². The van der Waals surface area contributed by atoms with Crippen molar-refractivity contribution in [1.29, 1.82) is 0 Å². The molecule has 0 aliphatic carbocycles. The lowest BCUT2D eigenvalue weighted by Gasteiger charge is -2.29. The number of aryl methyl sites for hydroxylation is 1. The van der Waals surface area contributed by atoms with Gasteiger partial charge in [-0.3, -0.25) is 9.59 Å². The molecule has 2 heterocycles. The largest absolute Gasteiger partial charge is 0.323 e. The zero-order valence-corrected chi connectivity index (χ0v) is 15.0. The van der Waals surface area contributed by atoms with E-state index in [4.69, 9.17) is 0 Å². The van der Waals surface area contributed by atoms with E-state index in [0.29, 0.717) is 5.69 Å². The standard InChI is InChI=1S/C20H17N3O2S/c1-13-5-4-6-14(9-13)20-21-15(12-26-20)10-19(25)23-11-18(24)22-16-7-2-3-8-17(16)23/h2-9,12H,10-11H2,1H3,(H,22,24). The summed E-state index contributed by atoms with van der Waals surface area (Å²) in [6.45, 7) is 2.07. The maximum absolute atomic E-state index is 12.8. The molecule has 1 aliphatic rings. The molecule has 3 aromatic rings. The molecule has 0 spiro atoms. The molecule has 130 valence electrons. The fraction of sp³-hybridized carbons (Fsp3) is 0.150. The second kappa shape index (κ2) is 6.72. The van der Waals surface area contributed by atoms with Crippen molar-refractivity contribution in [2.75, 3.05) is 16.8 Å². The van der Waals surface area contributed by atoms with E-state index in [1.807, 2.05) is 48.7 Å². The molecule has 5 nitrogen and oxygen atoms in total. The zero-order chi connectivity index (χ0) is 18.1. The quantitative estimate of drug-likeness (QED) is 0.773. The third-order valence-electron chi connectivity index (χ3n) is 4.22. The summed E-state index contributed by atoms with van der Waals surface area (Å²) >= 11 is 1.53. The smallest absolute Gasteiger partial charge is 0.244 e. The molecule has 2 aromatic carbocycles. The highest BCUT2D eigenvalue weighted by atomic mass is 32.1. The van der Waals surface area contributed by atoms with Crippen LogP contribution in [-0.2, 0) is 16.0 Å². The van der Waals surface area contributed by atoms with Crippen molar-refractivity contribution in [3.05, 3.63) is 65.2 Å². The minimum atomic E-state index is -0.184. The van der Waals surface area contributed by atoms with Crippen molar-refractivity contribution < 1.29 is 9.59 Å². The van der Waals surface area contributed by atoms with Gasteiger partial charge >= 0.3 is 0 Å². The molecule has 4 rings (SSSR count). The molecule has 0 fully saturated rings. The van der Waals surface area contributed by atoms with Gasteiger partial charge < -0.3 is 10.2 Å². The van der Waals surface area contributed by atoms with Crippen LogP contribution in [0.4, 0.5) is 11.4 Å². The monoisotopic (exact) mass is 363 g/mol. The van der Waals surface area contributed by atoms with Gasteiger partial charge in [0.1, 0.15) is 11.6 Å². The normalized spacial score (nSPS) is 13.3. The van der Waals surface area contributed by atoms with Crippen LogP contribution < -0.4 is 10.2 Å². The zero-order valence-electron chi connectivity index (χ0n) is 14.2. The third kappa shape index (κ3) is 3.23. The van der Waals surface area contributed by atoms with Crippen molar-refractivity contribution >= 4 is 34.5 Å². The Hall–Kier alpha value is -2.99. The third-order valence-corrected chi connectivity index (χ3v) is 5.16. The van der Waals surface area contributed by atoms with Crippen molar-refractivity contribution in [2.24, 2.45) is 0 Å². The molecule has 26 heavy (non-hydrogen) atoms. The van der Waals surface area contributed by atoms with E-state index >= 15 is 0 Å². The van der Waals surface area contributed by atoms with Crippen LogP contribution in [-0.4, -0.2) is 23.3 Å². The molecule has 0 saturated carbocycles. The number of carbonyl (C=O) groups excluding carboxylic acids is 2. The summed E-state index contributed by atoms with van der Waals surface area (Å²) < 4.78 is 0. The van der Waals surface area contributed by atoms with Crippen LogP contribution in [0.1, 0.15) is 11.3 Å². The van der Waals surface area contributed by atoms with Gasteiger partial charge in [-0.2, -0.15) is 0 Å². The van der Waals surface area contributed by atoms with Gasteiger partial charge in [0.15, 0.2) is 0 Å². The van der Waals surface area contributed by atoms with Crippen molar-refractivity contribution in [3.8, 4) is 10.6 Å². The van der Waals surface area contributed by atoms with Gasteiger partial charge in [-0.1, -0.05) is 35.9 Å². The maximum atomic E-state index is 12.8. The molecule has 0 unspecified atom stereocenters. The van der Waals surface area contributed by atoms with Crippen LogP contribution >= 0.6 is 11.3 Å². The average Bonchev–Trinajstić information content (AvgIpc) is 3.09. The van der Waals surface area contributed by atoms with Crippen molar-refractivity contribution in [3.63, 3.8) is 0 Å². The molecule has 6 heteroatoms. The Morgan fingerprint density at radius 3 is 2.92 bits per heavy atom. The minimum absolute atomic E-state index is 0.0325. The Bertz CT molecular complexity index is 996. The van der Waals surface area contributed by atoms with E-state index in [9.17, 15) is 9.59 Å². The Morgan fingerprint density at radius 1 is 1.23 bits per heavy atom. The van der Waals surface area contributed by atoms with Crippen LogP contribution in [0.2, 0.25) is 0 Å². The number of thiazole rings is 1. The summed E-state index contributed by atoms with van der Waals surface area (Å²) in [7, 11) is 0. The molecule has 1 N–H and O–H groups in total. The number of carbonyl (C=O) groups is 2. The number of hydrogen-bond donors (Lipinski definition) is 1.